The van der Waals surface area contributed by atoms with Crippen LogP contribution < -0.4 is 5.56 Å². The second kappa shape index (κ2) is 9.95. The first-order valence-electron chi connectivity index (χ1n) is 11.2. The Balaban J connectivity index is 1.23. The summed E-state index contributed by atoms with van der Waals surface area (Å²) in [7, 11) is 0. The van der Waals surface area contributed by atoms with Gasteiger partial charge in [0.15, 0.2) is 5.78 Å². The Morgan fingerprint density at radius 3 is 2.83 bits per heavy atom. The summed E-state index contributed by atoms with van der Waals surface area (Å²) in [5, 5.41) is 8.91. The minimum absolute atomic E-state index is 0.178. The molecule has 7 nitrogen and oxygen atoms in total. The SMILES string of the molecule is O=C(CC/C=C/c1ccc2c(-c3ccc[nH]3)n[nH]c2c1)c1cccn(Cc2ccc(Cl)nc2)c1=O. The molecule has 0 aliphatic rings. The molecule has 174 valence electrons. The van der Waals surface area contributed by atoms with Crippen LogP contribution in [-0.2, 0) is 6.54 Å². The number of allylic oxidation sites excluding steroid dienone is 1. The van der Waals surface area contributed by atoms with Gasteiger partial charge in [0.05, 0.1) is 23.3 Å². The molecule has 5 rings (SSSR count). The van der Waals surface area contributed by atoms with E-state index >= 15 is 0 Å². The van der Waals surface area contributed by atoms with Crippen molar-refractivity contribution in [2.75, 3.05) is 0 Å². The van der Waals surface area contributed by atoms with Gasteiger partial charge < -0.3 is 9.55 Å². The second-order valence-electron chi connectivity index (χ2n) is 8.17. The van der Waals surface area contributed by atoms with Gasteiger partial charge >= 0.3 is 0 Å². The summed E-state index contributed by atoms with van der Waals surface area (Å²) in [6.07, 6.45) is 9.86. The van der Waals surface area contributed by atoms with Crippen molar-refractivity contribution in [3.8, 4) is 11.4 Å². The van der Waals surface area contributed by atoms with E-state index < -0.39 is 0 Å². The number of halogens is 1. The first-order chi connectivity index (χ1) is 17.1. The second-order valence-corrected chi connectivity index (χ2v) is 8.56. The molecule has 0 amide bonds. The number of pyridine rings is 2. The van der Waals surface area contributed by atoms with Crippen molar-refractivity contribution in [1.29, 1.82) is 0 Å². The fourth-order valence-corrected chi connectivity index (χ4v) is 4.07. The molecule has 0 aliphatic heterocycles. The van der Waals surface area contributed by atoms with E-state index in [9.17, 15) is 9.59 Å². The zero-order valence-electron chi connectivity index (χ0n) is 18.7. The molecule has 4 heterocycles. The number of nitrogens with one attached hydrogen (secondary N) is 2. The van der Waals surface area contributed by atoms with E-state index in [0.29, 0.717) is 18.1 Å². The van der Waals surface area contributed by atoms with Gasteiger partial charge in [0.1, 0.15) is 10.8 Å². The lowest BCUT2D eigenvalue weighted by Crippen LogP contribution is -2.26. The molecule has 8 heteroatoms. The smallest absolute Gasteiger partial charge is 0.261 e. The number of Topliss-reactive ketones (excluding diaryl/α,β-unsaturated/α-hetero) is 1. The number of benzene rings is 1. The zero-order chi connectivity index (χ0) is 24.2. The van der Waals surface area contributed by atoms with Gasteiger partial charge in [-0.15, -0.1) is 0 Å². The van der Waals surface area contributed by atoms with E-state index in [1.807, 2.05) is 54.7 Å². The van der Waals surface area contributed by atoms with Gasteiger partial charge in [0, 0.05) is 30.4 Å². The van der Waals surface area contributed by atoms with Crippen LogP contribution in [0.3, 0.4) is 0 Å². The molecule has 35 heavy (non-hydrogen) atoms. The highest BCUT2D eigenvalue weighted by molar-refractivity contribution is 6.29. The average Bonchev–Trinajstić information content (AvgIpc) is 3.54. The molecule has 0 radical (unpaired) electrons. The number of aromatic nitrogens is 5. The molecule has 0 bridgehead atoms. The first-order valence-corrected chi connectivity index (χ1v) is 11.6. The minimum atomic E-state index is -0.306. The molecule has 0 fully saturated rings. The van der Waals surface area contributed by atoms with Crippen LogP contribution >= 0.6 is 11.6 Å². The minimum Gasteiger partial charge on any atom is -0.360 e. The van der Waals surface area contributed by atoms with Crippen LogP contribution in [0.1, 0.15) is 34.3 Å². The molecule has 0 aliphatic carbocycles. The Morgan fingerprint density at radius 2 is 2.03 bits per heavy atom. The lowest BCUT2D eigenvalue weighted by Gasteiger charge is -2.07. The lowest BCUT2D eigenvalue weighted by molar-refractivity contribution is 0.0981. The van der Waals surface area contributed by atoms with Crippen LogP contribution in [0, 0.1) is 0 Å². The third-order valence-electron chi connectivity index (χ3n) is 5.75. The van der Waals surface area contributed by atoms with E-state index in [1.165, 1.54) is 4.57 Å². The van der Waals surface area contributed by atoms with Gasteiger partial charge in [-0.2, -0.15) is 5.10 Å². The quantitative estimate of drug-likeness (QED) is 0.225. The van der Waals surface area contributed by atoms with Crippen LogP contribution in [-0.4, -0.2) is 30.5 Å². The normalized spacial score (nSPS) is 11.5. The number of hydrogen-bond acceptors (Lipinski definition) is 4. The molecule has 2 N–H and O–H groups in total. The number of ketones is 1. The number of carbonyl (C=O) groups is 1. The highest BCUT2D eigenvalue weighted by Crippen LogP contribution is 2.26. The van der Waals surface area contributed by atoms with Crippen molar-refractivity contribution in [3.05, 3.63) is 111 Å². The van der Waals surface area contributed by atoms with Crippen LogP contribution in [0.5, 0.6) is 0 Å². The number of H-pyrrole nitrogens is 2. The summed E-state index contributed by atoms with van der Waals surface area (Å²) in [5.74, 6) is -0.178. The standard InChI is InChI=1S/C27H22ClN5O2/c28-25-12-10-19(16-30-25)17-33-14-4-6-21(27(33)35)24(34)8-2-1-5-18-9-11-20-23(15-18)31-32-26(20)22-7-3-13-29-22/h1,3-7,9-16,29H,2,8,17H2,(H,31,32)/b5-1+. The highest BCUT2D eigenvalue weighted by Gasteiger charge is 2.12. The Hall–Kier alpha value is -4.23. The van der Waals surface area contributed by atoms with E-state index in [0.717, 1.165) is 33.4 Å². The molecule has 5 aromatic rings. The van der Waals surface area contributed by atoms with E-state index in [4.69, 9.17) is 11.6 Å². The predicted molar refractivity (Wildman–Crippen MR) is 138 cm³/mol. The molecule has 0 unspecified atom stereocenters. The molecule has 0 saturated carbocycles. The molecule has 1 aromatic carbocycles. The van der Waals surface area contributed by atoms with Gasteiger partial charge in [-0.1, -0.05) is 35.9 Å². The van der Waals surface area contributed by atoms with Crippen molar-refractivity contribution < 1.29 is 4.79 Å². The van der Waals surface area contributed by atoms with Crippen LogP contribution in [0.25, 0.3) is 28.4 Å². The van der Waals surface area contributed by atoms with Gasteiger partial charge in [-0.25, -0.2) is 4.98 Å². The van der Waals surface area contributed by atoms with Crippen molar-refractivity contribution in [2.45, 2.75) is 19.4 Å². The molecule has 0 spiro atoms. The Bertz CT molecular complexity index is 1560. The summed E-state index contributed by atoms with van der Waals surface area (Å²) in [4.78, 5) is 32.7. The fraction of sp³-hybridized carbons (Fsp3) is 0.111. The number of aromatic amines is 2. The predicted octanol–water partition coefficient (Wildman–Crippen LogP) is 5.49. The summed E-state index contributed by atoms with van der Waals surface area (Å²) in [5.41, 5.74) is 4.50. The fourth-order valence-electron chi connectivity index (χ4n) is 3.96. The zero-order valence-corrected chi connectivity index (χ0v) is 19.5. The van der Waals surface area contributed by atoms with Gasteiger partial charge in [-0.05, 0) is 60.0 Å². The number of fused-ring (bicyclic) bond motifs is 1. The number of nitrogens with zero attached hydrogens (tertiary/aromatic N) is 3. The average molecular weight is 484 g/mol. The molecule has 0 saturated heterocycles. The van der Waals surface area contributed by atoms with Crippen molar-refractivity contribution >= 4 is 34.4 Å². The molecular weight excluding hydrogens is 462 g/mol. The van der Waals surface area contributed by atoms with Crippen molar-refractivity contribution in [1.82, 2.24) is 24.7 Å². The van der Waals surface area contributed by atoms with Crippen molar-refractivity contribution in [2.24, 2.45) is 0 Å². The summed E-state index contributed by atoms with van der Waals surface area (Å²) in [6.45, 7) is 0.325. The maximum absolute atomic E-state index is 12.8. The highest BCUT2D eigenvalue weighted by atomic mass is 35.5. The van der Waals surface area contributed by atoms with Crippen LogP contribution in [0.4, 0.5) is 0 Å². The van der Waals surface area contributed by atoms with Crippen LogP contribution in [0.2, 0.25) is 5.15 Å². The van der Waals surface area contributed by atoms with E-state index in [1.54, 1.807) is 30.6 Å². The third kappa shape index (κ3) is 5.00. The van der Waals surface area contributed by atoms with Crippen molar-refractivity contribution in [3.63, 3.8) is 0 Å². The molecule has 4 aromatic heterocycles. The van der Waals surface area contributed by atoms with Crippen LogP contribution in [0.15, 0.2) is 84.1 Å². The summed E-state index contributed by atoms with van der Waals surface area (Å²) >= 11 is 5.82. The maximum Gasteiger partial charge on any atom is 0.261 e. The summed E-state index contributed by atoms with van der Waals surface area (Å²) < 4.78 is 1.51. The molecule has 0 atom stereocenters. The maximum atomic E-state index is 12.8. The topological polar surface area (TPSA) is 96.4 Å². The largest absolute Gasteiger partial charge is 0.360 e. The summed E-state index contributed by atoms with van der Waals surface area (Å²) in [6, 6.07) is 16.8. The van der Waals surface area contributed by atoms with E-state index in [-0.39, 0.29) is 23.3 Å². The van der Waals surface area contributed by atoms with E-state index in [2.05, 4.69) is 20.2 Å². The monoisotopic (exact) mass is 483 g/mol. The molecular formula is C27H22ClN5O2. The van der Waals surface area contributed by atoms with Gasteiger partial charge in [0.2, 0.25) is 0 Å². The van der Waals surface area contributed by atoms with Gasteiger partial charge in [0.25, 0.3) is 5.56 Å². The number of carbonyl (C=O) groups excluding carboxylic acids is 1. The lowest BCUT2D eigenvalue weighted by atomic mass is 10.1. The Kier molecular flexibility index (Phi) is 6.41. The number of rotatable bonds is 8. The first kappa shape index (κ1) is 22.6. The number of hydrogen-bond donors (Lipinski definition) is 2. The Morgan fingerprint density at radius 1 is 1.11 bits per heavy atom. The van der Waals surface area contributed by atoms with Gasteiger partial charge in [-0.3, -0.25) is 14.7 Å². The Labute approximate surface area is 206 Å². The third-order valence-corrected chi connectivity index (χ3v) is 5.97.